The SMILES string of the molecule is CC(S(=O)(=O)[O-])S(=O)(=O)[O-].Cc1nc(-c2ccccc2)sc1CCCl.Cc1nc(-c2ccccc2)sc1CCCl. The van der Waals surface area contributed by atoms with Gasteiger partial charge in [-0.25, -0.2) is 26.8 Å². The van der Waals surface area contributed by atoms with Gasteiger partial charge in [0.2, 0.25) is 0 Å². The number of hydrogen-bond acceptors (Lipinski definition) is 10. The van der Waals surface area contributed by atoms with Crippen molar-refractivity contribution in [2.75, 3.05) is 11.8 Å². The second kappa shape index (κ2) is 15.9. The number of rotatable bonds is 8. The zero-order valence-corrected chi connectivity index (χ0v) is 26.7. The minimum atomic E-state index is -5.01. The average Bonchev–Trinajstić information content (AvgIpc) is 3.47. The number of thiazole rings is 2. The van der Waals surface area contributed by atoms with Crippen molar-refractivity contribution >= 4 is 66.1 Å². The molecule has 8 nitrogen and oxygen atoms in total. The topological polar surface area (TPSA) is 140 Å². The van der Waals surface area contributed by atoms with E-state index in [4.69, 9.17) is 23.2 Å². The van der Waals surface area contributed by atoms with Crippen LogP contribution in [0.5, 0.6) is 0 Å². The van der Waals surface area contributed by atoms with E-state index in [0.717, 1.165) is 34.2 Å². The molecule has 2 aromatic carbocycles. The molecular weight excluding hydrogens is 635 g/mol. The number of aromatic nitrogens is 2. The number of nitrogens with zero attached hydrogens (tertiary/aromatic N) is 2. The zero-order chi connectivity index (χ0) is 29.9. The summed E-state index contributed by atoms with van der Waals surface area (Å²) in [6.07, 6.45) is 1.83. The molecule has 4 rings (SSSR count). The number of benzene rings is 2. The quantitative estimate of drug-likeness (QED) is 0.160. The van der Waals surface area contributed by atoms with Crippen molar-refractivity contribution in [3.63, 3.8) is 0 Å². The van der Waals surface area contributed by atoms with Crippen LogP contribution < -0.4 is 0 Å². The third-order valence-electron chi connectivity index (χ3n) is 5.28. The molecule has 0 atom stereocenters. The van der Waals surface area contributed by atoms with Crippen molar-refractivity contribution in [1.29, 1.82) is 0 Å². The molecule has 0 saturated heterocycles. The van der Waals surface area contributed by atoms with Gasteiger partial charge >= 0.3 is 0 Å². The van der Waals surface area contributed by atoms with Crippen molar-refractivity contribution in [1.82, 2.24) is 9.97 Å². The Bertz CT molecular complexity index is 1440. The Labute approximate surface area is 253 Å². The second-order valence-corrected chi connectivity index (χ2v) is 14.8. The Kier molecular flexibility index (Phi) is 13.7. The van der Waals surface area contributed by atoms with Gasteiger partial charge in [0, 0.05) is 32.6 Å². The van der Waals surface area contributed by atoms with Gasteiger partial charge in [0.05, 0.1) is 11.4 Å². The summed E-state index contributed by atoms with van der Waals surface area (Å²) in [5.74, 6) is 1.33. The summed E-state index contributed by atoms with van der Waals surface area (Å²) in [7, 11) is -10.0. The average molecular weight is 664 g/mol. The molecule has 4 aromatic rings. The van der Waals surface area contributed by atoms with Crippen molar-refractivity contribution in [2.24, 2.45) is 0 Å². The van der Waals surface area contributed by atoms with Crippen LogP contribution in [0.1, 0.15) is 28.1 Å². The lowest BCUT2D eigenvalue weighted by Crippen LogP contribution is -2.26. The standard InChI is InChI=1S/2C12H12ClNS.C2H6O6S2/c2*1-9-11(7-8-13)15-12(14-9)10-5-3-2-4-6-10;1-2(9(3,4)5)10(6,7)8/h2*2-6H,7-8H2,1H3;2H,1H3,(H,3,4,5)(H,6,7,8)/p-2. The van der Waals surface area contributed by atoms with Crippen LogP contribution in [0.25, 0.3) is 21.1 Å². The first-order chi connectivity index (χ1) is 18.8. The summed E-state index contributed by atoms with van der Waals surface area (Å²) in [6, 6.07) is 20.5. The zero-order valence-electron chi connectivity index (χ0n) is 21.9. The largest absolute Gasteiger partial charge is 0.747 e. The van der Waals surface area contributed by atoms with Crippen molar-refractivity contribution in [2.45, 2.75) is 38.2 Å². The van der Waals surface area contributed by atoms with E-state index in [-0.39, 0.29) is 0 Å². The first-order valence-electron chi connectivity index (χ1n) is 11.8. The van der Waals surface area contributed by atoms with Gasteiger partial charge in [0.25, 0.3) is 0 Å². The number of alkyl halides is 2. The van der Waals surface area contributed by atoms with Gasteiger partial charge in [0.1, 0.15) is 34.8 Å². The Morgan fingerprint density at radius 1 is 0.700 bits per heavy atom. The molecule has 40 heavy (non-hydrogen) atoms. The maximum atomic E-state index is 9.84. The maximum Gasteiger partial charge on any atom is 0.136 e. The summed E-state index contributed by atoms with van der Waals surface area (Å²) >= 11 is 15.0. The third-order valence-corrected chi connectivity index (χ3v) is 11.2. The van der Waals surface area contributed by atoms with E-state index >= 15 is 0 Å². The fourth-order valence-corrected chi connectivity index (χ4v) is 6.94. The molecule has 0 fully saturated rings. The molecule has 0 saturated carbocycles. The molecule has 0 radical (unpaired) electrons. The van der Waals surface area contributed by atoms with E-state index in [1.54, 1.807) is 22.7 Å². The minimum absolute atomic E-state index is 0.532. The van der Waals surface area contributed by atoms with Crippen LogP contribution in [0.4, 0.5) is 0 Å². The van der Waals surface area contributed by atoms with Gasteiger partial charge < -0.3 is 9.11 Å². The first-order valence-corrected chi connectivity index (χ1v) is 17.5. The predicted octanol–water partition coefficient (Wildman–Crippen LogP) is 6.22. The van der Waals surface area contributed by atoms with Gasteiger partial charge in [-0.15, -0.1) is 45.9 Å². The van der Waals surface area contributed by atoms with E-state index in [1.165, 1.54) is 20.9 Å². The molecule has 218 valence electrons. The Morgan fingerprint density at radius 2 is 1.02 bits per heavy atom. The van der Waals surface area contributed by atoms with Crippen LogP contribution in [0.15, 0.2) is 60.7 Å². The molecule has 14 heteroatoms. The van der Waals surface area contributed by atoms with Gasteiger partial charge in [-0.3, -0.25) is 0 Å². The fraction of sp³-hybridized carbons (Fsp3) is 0.308. The summed E-state index contributed by atoms with van der Waals surface area (Å²) in [5.41, 5.74) is 4.59. The molecule has 0 N–H and O–H groups in total. The van der Waals surface area contributed by atoms with Gasteiger partial charge in [-0.05, 0) is 33.6 Å². The summed E-state index contributed by atoms with van der Waals surface area (Å²) in [5, 5.41) is 2.18. The van der Waals surface area contributed by atoms with Crippen LogP contribution in [-0.2, 0) is 33.1 Å². The van der Waals surface area contributed by atoms with Gasteiger partial charge in [0.15, 0.2) is 0 Å². The molecule has 0 aliphatic heterocycles. The number of hydrogen-bond donors (Lipinski definition) is 0. The summed E-state index contributed by atoms with van der Waals surface area (Å²) < 4.78 is 56.7. The molecule has 0 aliphatic rings. The molecule has 0 spiro atoms. The normalized spacial score (nSPS) is 11.4. The Hall–Kier alpha value is -1.90. The highest BCUT2D eigenvalue weighted by Gasteiger charge is 2.16. The lowest BCUT2D eigenvalue weighted by atomic mass is 10.2. The molecule has 2 aromatic heterocycles. The third kappa shape index (κ3) is 10.8. The highest BCUT2D eigenvalue weighted by atomic mass is 35.5. The monoisotopic (exact) mass is 662 g/mol. The van der Waals surface area contributed by atoms with Crippen LogP contribution in [0.2, 0.25) is 0 Å². The molecule has 0 bridgehead atoms. The number of halogens is 2. The molecule has 0 unspecified atom stereocenters. The minimum Gasteiger partial charge on any atom is -0.747 e. The molecule has 0 aliphatic carbocycles. The maximum absolute atomic E-state index is 9.84. The first kappa shape index (κ1) is 34.3. The van der Waals surface area contributed by atoms with Gasteiger partial charge in [-0.1, -0.05) is 60.7 Å². The van der Waals surface area contributed by atoms with E-state index in [2.05, 4.69) is 34.2 Å². The lowest BCUT2D eigenvalue weighted by molar-refractivity contribution is 0.438. The Balaban J connectivity index is 0.000000216. The van der Waals surface area contributed by atoms with Crippen molar-refractivity contribution in [3.8, 4) is 21.1 Å². The van der Waals surface area contributed by atoms with Crippen LogP contribution in [-0.4, -0.2) is 52.3 Å². The summed E-state index contributed by atoms with van der Waals surface area (Å²) in [4.78, 5) is 11.7. The van der Waals surface area contributed by atoms with Gasteiger partial charge in [-0.2, -0.15) is 0 Å². The number of aryl methyl sites for hydroxylation is 4. The van der Waals surface area contributed by atoms with E-state index < -0.39 is 24.8 Å². The summed E-state index contributed by atoms with van der Waals surface area (Å²) in [6.45, 7) is 4.63. The molecule has 0 amide bonds. The Morgan fingerprint density at radius 3 is 1.27 bits per heavy atom. The lowest BCUT2D eigenvalue weighted by Gasteiger charge is -2.18. The van der Waals surface area contributed by atoms with E-state index in [1.807, 2.05) is 50.2 Å². The van der Waals surface area contributed by atoms with E-state index in [0.29, 0.717) is 18.7 Å². The van der Waals surface area contributed by atoms with Crippen LogP contribution in [0, 0.1) is 13.8 Å². The van der Waals surface area contributed by atoms with Crippen molar-refractivity contribution < 1.29 is 25.9 Å². The predicted molar refractivity (Wildman–Crippen MR) is 162 cm³/mol. The highest BCUT2D eigenvalue weighted by molar-refractivity contribution is 8.03. The van der Waals surface area contributed by atoms with Crippen LogP contribution >= 0.6 is 45.9 Å². The highest BCUT2D eigenvalue weighted by Crippen LogP contribution is 2.29. The van der Waals surface area contributed by atoms with E-state index in [9.17, 15) is 25.9 Å². The smallest absolute Gasteiger partial charge is 0.136 e. The van der Waals surface area contributed by atoms with Crippen molar-refractivity contribution in [3.05, 3.63) is 81.8 Å². The molecular formula is C26H28Cl2N2O6S4-2. The molecule has 2 heterocycles. The van der Waals surface area contributed by atoms with Crippen LogP contribution in [0.3, 0.4) is 0 Å². The fourth-order valence-electron chi connectivity index (χ4n) is 3.04. The second-order valence-electron chi connectivity index (χ2n) is 8.22.